The van der Waals surface area contributed by atoms with E-state index in [1.165, 1.54) is 5.56 Å². The minimum atomic E-state index is 0.129. The van der Waals surface area contributed by atoms with Gasteiger partial charge < -0.3 is 5.32 Å². The summed E-state index contributed by atoms with van der Waals surface area (Å²) in [4.78, 5) is 11.9. The number of thioether (sulfide) groups is 1. The van der Waals surface area contributed by atoms with E-state index in [2.05, 4.69) is 41.5 Å². The summed E-state index contributed by atoms with van der Waals surface area (Å²) < 4.78 is 2.01. The first-order valence-corrected chi connectivity index (χ1v) is 12.6. The number of carbonyl (C=O) groups excluding carboxylic acids is 1. The van der Waals surface area contributed by atoms with Crippen molar-refractivity contribution in [3.63, 3.8) is 0 Å². The fourth-order valence-corrected chi connectivity index (χ4v) is 4.40. The SMILES string of the molecule is CCCCNC(=O)CCCCSc1nnc(-c2ccc(C)cc2)n1-c1ccc(Cl)c(Cl)c1. The van der Waals surface area contributed by atoms with Gasteiger partial charge >= 0.3 is 0 Å². The van der Waals surface area contributed by atoms with Gasteiger partial charge in [0.2, 0.25) is 5.91 Å². The lowest BCUT2D eigenvalue weighted by Gasteiger charge is -2.11. The molecule has 0 unspecified atom stereocenters. The molecule has 1 heterocycles. The van der Waals surface area contributed by atoms with Crippen LogP contribution < -0.4 is 5.32 Å². The number of halogens is 2. The number of amides is 1. The lowest BCUT2D eigenvalue weighted by atomic mass is 10.1. The molecule has 1 N–H and O–H groups in total. The van der Waals surface area contributed by atoms with E-state index >= 15 is 0 Å². The van der Waals surface area contributed by atoms with Crippen LogP contribution in [0.5, 0.6) is 0 Å². The number of hydrogen-bond acceptors (Lipinski definition) is 4. The summed E-state index contributed by atoms with van der Waals surface area (Å²) in [5, 5.41) is 13.6. The number of aromatic nitrogens is 3. The van der Waals surface area contributed by atoms with Gasteiger partial charge in [-0.15, -0.1) is 10.2 Å². The Kier molecular flexibility index (Phi) is 9.45. The normalized spacial score (nSPS) is 11.0. The number of benzene rings is 2. The highest BCUT2D eigenvalue weighted by Crippen LogP contribution is 2.31. The Hall–Kier alpha value is -2.02. The van der Waals surface area contributed by atoms with Crippen molar-refractivity contribution in [3.05, 3.63) is 58.1 Å². The Balaban J connectivity index is 1.71. The lowest BCUT2D eigenvalue weighted by Crippen LogP contribution is -2.23. The second-order valence-electron chi connectivity index (χ2n) is 7.62. The zero-order chi connectivity index (χ0) is 22.9. The summed E-state index contributed by atoms with van der Waals surface area (Å²) >= 11 is 14.0. The maximum absolute atomic E-state index is 11.9. The topological polar surface area (TPSA) is 59.8 Å². The predicted octanol–water partition coefficient (Wildman–Crippen LogP) is 6.73. The number of nitrogens with zero attached hydrogens (tertiary/aromatic N) is 3. The maximum Gasteiger partial charge on any atom is 0.219 e. The van der Waals surface area contributed by atoms with E-state index in [0.717, 1.165) is 60.2 Å². The number of carbonyl (C=O) groups is 1. The largest absolute Gasteiger partial charge is 0.356 e. The molecule has 0 aliphatic rings. The highest BCUT2D eigenvalue weighted by Gasteiger charge is 2.17. The Morgan fingerprint density at radius 2 is 1.81 bits per heavy atom. The molecule has 0 radical (unpaired) electrons. The summed E-state index contributed by atoms with van der Waals surface area (Å²) in [5.74, 6) is 1.72. The molecule has 2 aromatic carbocycles. The van der Waals surface area contributed by atoms with Gasteiger partial charge in [-0.3, -0.25) is 9.36 Å². The molecule has 0 aliphatic carbocycles. The van der Waals surface area contributed by atoms with Crippen LogP contribution in [0.1, 0.15) is 44.6 Å². The first kappa shape index (κ1) is 24.6. The highest BCUT2D eigenvalue weighted by atomic mass is 35.5. The molecular formula is C24H28Cl2N4OS. The monoisotopic (exact) mass is 490 g/mol. The third-order valence-electron chi connectivity index (χ3n) is 4.99. The van der Waals surface area contributed by atoms with Crippen molar-refractivity contribution >= 4 is 40.9 Å². The molecule has 1 amide bonds. The fraction of sp³-hybridized carbons (Fsp3) is 0.375. The summed E-state index contributed by atoms with van der Waals surface area (Å²) in [5.41, 5.74) is 3.02. The van der Waals surface area contributed by atoms with Gasteiger partial charge in [-0.1, -0.05) is 78.1 Å². The van der Waals surface area contributed by atoms with Gasteiger partial charge in [0.15, 0.2) is 11.0 Å². The minimum absolute atomic E-state index is 0.129. The first-order chi connectivity index (χ1) is 15.5. The average Bonchev–Trinajstić information content (AvgIpc) is 3.20. The Morgan fingerprint density at radius 1 is 1.03 bits per heavy atom. The summed E-state index contributed by atoms with van der Waals surface area (Å²) in [6.45, 7) is 4.93. The van der Waals surface area contributed by atoms with E-state index in [4.69, 9.17) is 23.2 Å². The average molecular weight is 491 g/mol. The van der Waals surface area contributed by atoms with E-state index in [1.807, 2.05) is 28.8 Å². The number of nitrogens with one attached hydrogen (secondary N) is 1. The van der Waals surface area contributed by atoms with Crippen LogP contribution >= 0.6 is 35.0 Å². The third kappa shape index (κ3) is 6.74. The molecule has 0 aliphatic heterocycles. The molecule has 0 saturated heterocycles. The molecular weight excluding hydrogens is 463 g/mol. The van der Waals surface area contributed by atoms with E-state index in [-0.39, 0.29) is 5.91 Å². The molecule has 32 heavy (non-hydrogen) atoms. The lowest BCUT2D eigenvalue weighted by molar-refractivity contribution is -0.121. The first-order valence-electron chi connectivity index (χ1n) is 10.9. The zero-order valence-corrected chi connectivity index (χ0v) is 20.7. The van der Waals surface area contributed by atoms with Gasteiger partial charge in [0.05, 0.1) is 15.7 Å². The Morgan fingerprint density at radius 3 is 2.53 bits per heavy atom. The van der Waals surface area contributed by atoms with E-state index in [0.29, 0.717) is 16.5 Å². The van der Waals surface area contributed by atoms with Crippen LogP contribution in [0.3, 0.4) is 0 Å². The van der Waals surface area contributed by atoms with Gasteiger partial charge in [-0.25, -0.2) is 0 Å². The molecule has 0 atom stereocenters. The van der Waals surface area contributed by atoms with Crippen molar-refractivity contribution in [2.45, 2.75) is 51.1 Å². The van der Waals surface area contributed by atoms with Crippen LogP contribution in [0.25, 0.3) is 17.1 Å². The number of rotatable bonds is 11. The van der Waals surface area contributed by atoms with Crippen LogP contribution in [0.2, 0.25) is 10.0 Å². The number of hydrogen-bond donors (Lipinski definition) is 1. The summed E-state index contributed by atoms with van der Waals surface area (Å²) in [6.07, 6.45) is 4.42. The van der Waals surface area contributed by atoms with E-state index in [1.54, 1.807) is 17.8 Å². The zero-order valence-electron chi connectivity index (χ0n) is 18.4. The molecule has 5 nitrogen and oxygen atoms in total. The number of aryl methyl sites for hydroxylation is 1. The van der Waals surface area contributed by atoms with Crippen LogP contribution in [0, 0.1) is 6.92 Å². The molecule has 170 valence electrons. The number of unbranched alkanes of at least 4 members (excludes halogenated alkanes) is 2. The molecule has 1 aromatic heterocycles. The molecule has 0 bridgehead atoms. The quantitative estimate of drug-likeness (QED) is 0.239. The molecule has 3 aromatic rings. The fourth-order valence-electron chi connectivity index (χ4n) is 3.15. The summed E-state index contributed by atoms with van der Waals surface area (Å²) in [7, 11) is 0. The van der Waals surface area contributed by atoms with E-state index in [9.17, 15) is 4.79 Å². The van der Waals surface area contributed by atoms with Crippen LogP contribution in [-0.2, 0) is 4.79 Å². The third-order valence-corrected chi connectivity index (χ3v) is 6.74. The van der Waals surface area contributed by atoms with Gasteiger partial charge in [0.1, 0.15) is 0 Å². The van der Waals surface area contributed by atoms with Gasteiger partial charge in [0.25, 0.3) is 0 Å². The van der Waals surface area contributed by atoms with Gasteiger partial charge in [-0.05, 0) is 44.4 Å². The molecule has 8 heteroatoms. The Bertz CT molecular complexity index is 1040. The molecule has 3 rings (SSSR count). The van der Waals surface area contributed by atoms with Crippen LogP contribution in [0.15, 0.2) is 47.6 Å². The summed E-state index contributed by atoms with van der Waals surface area (Å²) in [6, 6.07) is 13.7. The maximum atomic E-state index is 11.9. The van der Waals surface area contributed by atoms with Crippen LogP contribution in [-0.4, -0.2) is 33.0 Å². The smallest absolute Gasteiger partial charge is 0.219 e. The van der Waals surface area contributed by atoms with Crippen molar-refractivity contribution in [3.8, 4) is 17.1 Å². The van der Waals surface area contributed by atoms with Crippen molar-refractivity contribution in [1.82, 2.24) is 20.1 Å². The predicted molar refractivity (Wildman–Crippen MR) is 134 cm³/mol. The van der Waals surface area contributed by atoms with E-state index < -0.39 is 0 Å². The second-order valence-corrected chi connectivity index (χ2v) is 9.49. The van der Waals surface area contributed by atoms with Gasteiger partial charge in [-0.2, -0.15) is 0 Å². The Labute approximate surface area is 203 Å². The standard InChI is InChI=1S/C24H28Cl2N4OS/c1-3-4-14-27-22(31)7-5-6-15-32-24-29-28-23(18-10-8-17(2)9-11-18)30(24)19-12-13-20(25)21(26)16-19/h8-13,16H,3-7,14-15H2,1-2H3,(H,27,31). The van der Waals surface area contributed by atoms with Crippen molar-refractivity contribution < 1.29 is 4.79 Å². The second kappa shape index (κ2) is 12.3. The van der Waals surface area contributed by atoms with Gasteiger partial charge in [0, 0.05) is 24.3 Å². The molecule has 0 fully saturated rings. The van der Waals surface area contributed by atoms with Crippen LogP contribution in [0.4, 0.5) is 0 Å². The van der Waals surface area contributed by atoms with Crippen molar-refractivity contribution in [2.75, 3.05) is 12.3 Å². The minimum Gasteiger partial charge on any atom is -0.356 e. The molecule has 0 saturated carbocycles. The van der Waals surface area contributed by atoms with Crippen molar-refractivity contribution in [1.29, 1.82) is 0 Å². The molecule has 0 spiro atoms. The van der Waals surface area contributed by atoms with Crippen molar-refractivity contribution in [2.24, 2.45) is 0 Å². The highest BCUT2D eigenvalue weighted by molar-refractivity contribution is 7.99.